The first kappa shape index (κ1) is 21.9. The van der Waals surface area contributed by atoms with E-state index in [1.54, 1.807) is 42.5 Å². The van der Waals surface area contributed by atoms with E-state index in [0.717, 1.165) is 10.6 Å². The summed E-state index contributed by atoms with van der Waals surface area (Å²) in [7, 11) is 1.52. The van der Waals surface area contributed by atoms with E-state index in [-0.39, 0.29) is 18.6 Å². The Morgan fingerprint density at radius 2 is 1.79 bits per heavy atom. The topological polar surface area (TPSA) is 112 Å². The van der Waals surface area contributed by atoms with Crippen LogP contribution >= 0.6 is 22.7 Å². The molecule has 0 aliphatic carbocycles. The van der Waals surface area contributed by atoms with E-state index in [2.05, 4.69) is 20.6 Å². The lowest BCUT2D eigenvalue weighted by Gasteiger charge is -2.06. The average Bonchev–Trinajstić information content (AvgIpc) is 3.58. The van der Waals surface area contributed by atoms with E-state index < -0.39 is 0 Å². The maximum absolute atomic E-state index is 12.7. The number of benzene rings is 2. The highest BCUT2D eigenvalue weighted by Crippen LogP contribution is 2.36. The number of fused-ring (bicyclic) bond motifs is 1. The van der Waals surface area contributed by atoms with Crippen molar-refractivity contribution in [1.29, 1.82) is 0 Å². The summed E-state index contributed by atoms with van der Waals surface area (Å²) >= 11 is 2.61. The van der Waals surface area contributed by atoms with Crippen LogP contribution in [0.5, 0.6) is 17.2 Å². The quantitative estimate of drug-likeness (QED) is 0.395. The molecular formula is C23H18N4O5S2. The third kappa shape index (κ3) is 4.30. The molecule has 11 heteroatoms. The van der Waals surface area contributed by atoms with Crippen molar-refractivity contribution in [2.24, 2.45) is 0 Å². The summed E-state index contributed by atoms with van der Waals surface area (Å²) in [5.74, 6) is 1.02. The molecule has 0 spiro atoms. The molecule has 9 nitrogen and oxygen atoms in total. The number of anilines is 2. The van der Waals surface area contributed by atoms with E-state index in [9.17, 15) is 9.59 Å². The van der Waals surface area contributed by atoms with Crippen LogP contribution in [0.25, 0.3) is 10.6 Å². The Bertz CT molecular complexity index is 1400. The summed E-state index contributed by atoms with van der Waals surface area (Å²) in [5, 5.41) is 8.35. The molecule has 2 N–H and O–H groups in total. The smallest absolute Gasteiger partial charge is 0.261 e. The van der Waals surface area contributed by atoms with Crippen molar-refractivity contribution >= 4 is 44.8 Å². The lowest BCUT2D eigenvalue weighted by molar-refractivity contribution is 0.101. The van der Waals surface area contributed by atoms with Crippen LogP contribution in [0.4, 0.5) is 10.3 Å². The number of rotatable bonds is 6. The number of nitrogens with zero attached hydrogens (tertiary/aromatic N) is 2. The number of carbonyl (C=O) groups excluding carboxylic acids is 2. The van der Waals surface area contributed by atoms with Gasteiger partial charge in [0.1, 0.15) is 5.75 Å². The van der Waals surface area contributed by atoms with Gasteiger partial charge in [0.25, 0.3) is 11.8 Å². The predicted octanol–water partition coefficient (Wildman–Crippen LogP) is 4.82. The Hall–Kier alpha value is -3.96. The molecule has 5 rings (SSSR count). The van der Waals surface area contributed by atoms with E-state index in [0.29, 0.717) is 44.3 Å². The minimum absolute atomic E-state index is 0.145. The Labute approximate surface area is 202 Å². The molecule has 2 aromatic heterocycles. The lowest BCUT2D eigenvalue weighted by atomic mass is 10.2. The number of ether oxygens (including phenoxy) is 3. The fourth-order valence-electron chi connectivity index (χ4n) is 3.33. The second-order valence-corrected chi connectivity index (χ2v) is 9.01. The van der Waals surface area contributed by atoms with Gasteiger partial charge in [-0.2, -0.15) is 0 Å². The molecule has 1 aliphatic heterocycles. The van der Waals surface area contributed by atoms with Gasteiger partial charge in [0.05, 0.1) is 28.9 Å². The van der Waals surface area contributed by atoms with Gasteiger partial charge in [0, 0.05) is 10.9 Å². The van der Waals surface area contributed by atoms with E-state index in [4.69, 9.17) is 14.2 Å². The van der Waals surface area contributed by atoms with Gasteiger partial charge in [-0.05, 0) is 37.3 Å². The molecule has 2 aromatic carbocycles. The van der Waals surface area contributed by atoms with Gasteiger partial charge in [0.2, 0.25) is 6.79 Å². The fraction of sp³-hybridized carbons (Fsp3) is 0.130. The lowest BCUT2D eigenvalue weighted by Crippen LogP contribution is -2.12. The van der Waals surface area contributed by atoms with Gasteiger partial charge in [-0.3, -0.25) is 20.2 Å². The first-order valence-electron chi connectivity index (χ1n) is 10.1. The van der Waals surface area contributed by atoms with Crippen LogP contribution in [0.15, 0.2) is 47.8 Å². The number of methoxy groups -OCH3 is 1. The van der Waals surface area contributed by atoms with Crippen molar-refractivity contribution in [2.45, 2.75) is 6.92 Å². The zero-order valence-electron chi connectivity index (χ0n) is 18.1. The van der Waals surface area contributed by atoms with Crippen LogP contribution in [-0.4, -0.2) is 35.7 Å². The van der Waals surface area contributed by atoms with Crippen LogP contribution in [0.2, 0.25) is 0 Å². The molecule has 0 bridgehead atoms. The van der Waals surface area contributed by atoms with Crippen molar-refractivity contribution in [3.63, 3.8) is 0 Å². The minimum atomic E-state index is -0.312. The van der Waals surface area contributed by atoms with Gasteiger partial charge in [-0.25, -0.2) is 9.97 Å². The Kier molecular flexibility index (Phi) is 5.86. The number of para-hydroxylation sites is 1. The molecule has 4 aromatic rings. The largest absolute Gasteiger partial charge is 0.496 e. The van der Waals surface area contributed by atoms with Gasteiger partial charge < -0.3 is 14.2 Å². The van der Waals surface area contributed by atoms with Crippen LogP contribution in [0.1, 0.15) is 26.4 Å². The van der Waals surface area contributed by atoms with Crippen LogP contribution in [-0.2, 0) is 0 Å². The van der Waals surface area contributed by atoms with Crippen molar-refractivity contribution in [3.05, 3.63) is 64.7 Å². The molecule has 0 unspecified atom stereocenters. The fourth-order valence-corrected chi connectivity index (χ4v) is 5.02. The molecule has 1 aliphatic rings. The second kappa shape index (κ2) is 9.12. The SMILES string of the molecule is COc1ccccc1C(=O)Nc1nc(C)c(-c2csc(NC(=O)c3ccc4c(c3)OCO4)n2)s1. The molecule has 0 fully saturated rings. The van der Waals surface area contributed by atoms with Crippen LogP contribution in [0, 0.1) is 6.92 Å². The monoisotopic (exact) mass is 494 g/mol. The summed E-state index contributed by atoms with van der Waals surface area (Å²) < 4.78 is 15.9. The van der Waals surface area contributed by atoms with Crippen molar-refractivity contribution in [3.8, 4) is 27.8 Å². The molecular weight excluding hydrogens is 476 g/mol. The maximum Gasteiger partial charge on any atom is 0.261 e. The highest BCUT2D eigenvalue weighted by atomic mass is 32.1. The van der Waals surface area contributed by atoms with Crippen LogP contribution < -0.4 is 24.8 Å². The average molecular weight is 495 g/mol. The first-order valence-corrected chi connectivity index (χ1v) is 11.8. The number of aryl methyl sites for hydroxylation is 1. The van der Waals surface area contributed by atoms with E-state index in [1.165, 1.54) is 29.8 Å². The Balaban J connectivity index is 1.29. The summed E-state index contributed by atoms with van der Waals surface area (Å²) in [6.45, 7) is 1.99. The first-order chi connectivity index (χ1) is 16.5. The number of aromatic nitrogens is 2. The number of amides is 2. The third-order valence-electron chi connectivity index (χ3n) is 4.96. The maximum atomic E-state index is 12.7. The number of hydrogen-bond acceptors (Lipinski definition) is 9. The van der Waals surface area contributed by atoms with Crippen LogP contribution in [0.3, 0.4) is 0 Å². The number of hydrogen-bond donors (Lipinski definition) is 2. The van der Waals surface area contributed by atoms with Gasteiger partial charge in [0.15, 0.2) is 21.8 Å². The zero-order chi connectivity index (χ0) is 23.7. The van der Waals surface area contributed by atoms with Gasteiger partial charge >= 0.3 is 0 Å². The molecule has 172 valence electrons. The zero-order valence-corrected chi connectivity index (χ0v) is 19.7. The summed E-state index contributed by atoms with van der Waals surface area (Å²) in [4.78, 5) is 35.1. The van der Waals surface area contributed by atoms with E-state index in [1.807, 2.05) is 12.3 Å². The normalized spacial score (nSPS) is 11.8. The highest BCUT2D eigenvalue weighted by molar-refractivity contribution is 7.20. The number of thiazole rings is 2. The minimum Gasteiger partial charge on any atom is -0.496 e. The Morgan fingerprint density at radius 1 is 1.00 bits per heavy atom. The molecule has 0 atom stereocenters. The summed E-state index contributed by atoms with van der Waals surface area (Å²) in [6, 6.07) is 12.0. The van der Waals surface area contributed by atoms with Gasteiger partial charge in [-0.1, -0.05) is 23.5 Å². The van der Waals surface area contributed by atoms with E-state index >= 15 is 0 Å². The highest BCUT2D eigenvalue weighted by Gasteiger charge is 2.19. The molecule has 2 amide bonds. The summed E-state index contributed by atoms with van der Waals surface area (Å²) in [5.41, 5.74) is 2.25. The number of carbonyl (C=O) groups is 2. The standard InChI is InChI=1S/C23H18N4O5S2/c1-12-19(34-23(24-12)27-21(29)14-5-3-4-6-16(14)30-2)15-10-33-22(25-15)26-20(28)13-7-8-17-18(9-13)32-11-31-17/h3-10H,11H2,1-2H3,(H,24,27,29)(H,25,26,28). The molecule has 34 heavy (non-hydrogen) atoms. The van der Waals surface area contributed by atoms with Gasteiger partial charge in [-0.15, -0.1) is 11.3 Å². The second-order valence-electron chi connectivity index (χ2n) is 7.15. The molecule has 3 heterocycles. The molecule has 0 saturated carbocycles. The predicted molar refractivity (Wildman–Crippen MR) is 129 cm³/mol. The number of nitrogens with one attached hydrogen (secondary N) is 2. The van der Waals surface area contributed by atoms with Crippen molar-refractivity contribution in [2.75, 3.05) is 24.5 Å². The van der Waals surface area contributed by atoms with Crippen molar-refractivity contribution in [1.82, 2.24) is 9.97 Å². The van der Waals surface area contributed by atoms with Crippen molar-refractivity contribution < 1.29 is 23.8 Å². The molecule has 0 saturated heterocycles. The Morgan fingerprint density at radius 3 is 2.65 bits per heavy atom. The summed E-state index contributed by atoms with van der Waals surface area (Å²) in [6.07, 6.45) is 0. The third-order valence-corrected chi connectivity index (χ3v) is 6.81. The molecule has 0 radical (unpaired) electrons.